The molecule has 0 saturated heterocycles. The molecule has 2 aromatic carbocycles. The molecule has 0 aliphatic rings. The van der Waals surface area contributed by atoms with Gasteiger partial charge >= 0.3 is 0 Å². The Bertz CT molecular complexity index is 791. The van der Waals surface area contributed by atoms with E-state index in [1.807, 2.05) is 6.92 Å². The lowest BCUT2D eigenvalue weighted by molar-refractivity contribution is -0.116. The molecule has 0 aliphatic carbocycles. The predicted octanol–water partition coefficient (Wildman–Crippen LogP) is 2.34. The first-order chi connectivity index (χ1) is 11.4. The normalized spacial score (nSPS) is 11.3. The van der Waals surface area contributed by atoms with Crippen LogP contribution in [-0.4, -0.2) is 38.8 Å². The number of hydrogen-bond donors (Lipinski definition) is 1. The topological polar surface area (TPSA) is 75.7 Å². The largest absolute Gasteiger partial charge is 0.494 e. The highest BCUT2D eigenvalue weighted by molar-refractivity contribution is 7.89. The molecule has 0 atom stereocenters. The summed E-state index contributed by atoms with van der Waals surface area (Å²) in [6, 6.07) is 14.9. The highest BCUT2D eigenvalue weighted by Crippen LogP contribution is 2.18. The molecule has 6 nitrogen and oxygen atoms in total. The van der Waals surface area contributed by atoms with Gasteiger partial charge in [-0.2, -0.15) is 4.31 Å². The fourth-order valence-electron chi connectivity index (χ4n) is 2.09. The van der Waals surface area contributed by atoms with Gasteiger partial charge in [-0.05, 0) is 31.2 Å². The SMILES string of the molecule is CCOc1cccc(NC(=O)CN(C)S(=O)(=O)c2ccccc2)c1. The Kier molecular flexibility index (Phi) is 5.94. The minimum absolute atomic E-state index is 0.152. The number of likely N-dealkylation sites (N-methyl/N-ethyl adjacent to an activating group) is 1. The fourth-order valence-corrected chi connectivity index (χ4v) is 3.24. The molecular weight excluding hydrogens is 328 g/mol. The molecule has 7 heteroatoms. The van der Waals surface area contributed by atoms with E-state index < -0.39 is 15.9 Å². The van der Waals surface area contributed by atoms with Crippen molar-refractivity contribution in [3.63, 3.8) is 0 Å². The molecule has 0 unspecified atom stereocenters. The van der Waals surface area contributed by atoms with Crippen LogP contribution in [-0.2, 0) is 14.8 Å². The van der Waals surface area contributed by atoms with Crippen molar-refractivity contribution >= 4 is 21.6 Å². The lowest BCUT2D eigenvalue weighted by atomic mass is 10.3. The summed E-state index contributed by atoms with van der Waals surface area (Å²) >= 11 is 0. The Balaban J connectivity index is 2.03. The molecule has 128 valence electrons. The highest BCUT2D eigenvalue weighted by atomic mass is 32.2. The molecular formula is C17H20N2O4S. The van der Waals surface area contributed by atoms with E-state index in [2.05, 4.69) is 5.32 Å². The molecule has 24 heavy (non-hydrogen) atoms. The van der Waals surface area contributed by atoms with E-state index >= 15 is 0 Å². The molecule has 0 radical (unpaired) electrons. The second-order valence-electron chi connectivity index (χ2n) is 5.08. The second-order valence-corrected chi connectivity index (χ2v) is 7.13. The first kappa shape index (κ1) is 18.0. The maximum absolute atomic E-state index is 12.4. The minimum Gasteiger partial charge on any atom is -0.494 e. The average Bonchev–Trinajstić information content (AvgIpc) is 2.56. The van der Waals surface area contributed by atoms with Crippen molar-refractivity contribution in [2.45, 2.75) is 11.8 Å². The summed E-state index contributed by atoms with van der Waals surface area (Å²) in [5, 5.41) is 2.67. The van der Waals surface area contributed by atoms with Gasteiger partial charge in [-0.15, -0.1) is 0 Å². The number of carbonyl (C=O) groups is 1. The van der Waals surface area contributed by atoms with E-state index in [1.165, 1.54) is 19.2 Å². The van der Waals surface area contributed by atoms with Crippen molar-refractivity contribution in [2.75, 3.05) is 25.5 Å². The van der Waals surface area contributed by atoms with Crippen LogP contribution < -0.4 is 10.1 Å². The van der Waals surface area contributed by atoms with Crippen LogP contribution in [0.3, 0.4) is 0 Å². The molecule has 2 rings (SSSR count). The first-order valence-corrected chi connectivity index (χ1v) is 8.91. The fraction of sp³-hybridized carbons (Fsp3) is 0.235. The Morgan fingerprint density at radius 1 is 1.12 bits per heavy atom. The molecule has 0 spiro atoms. The van der Waals surface area contributed by atoms with Gasteiger partial charge < -0.3 is 10.1 Å². The molecule has 1 amide bonds. The zero-order valence-corrected chi connectivity index (χ0v) is 14.4. The van der Waals surface area contributed by atoms with Gasteiger partial charge in [-0.1, -0.05) is 24.3 Å². The van der Waals surface area contributed by atoms with Crippen LogP contribution in [0.15, 0.2) is 59.5 Å². The van der Waals surface area contributed by atoms with Crippen LogP contribution >= 0.6 is 0 Å². The van der Waals surface area contributed by atoms with E-state index in [4.69, 9.17) is 4.74 Å². The molecule has 0 aliphatic heterocycles. The van der Waals surface area contributed by atoms with Crippen LogP contribution in [0, 0.1) is 0 Å². The molecule has 0 saturated carbocycles. The predicted molar refractivity (Wildman–Crippen MR) is 92.5 cm³/mol. The van der Waals surface area contributed by atoms with E-state index in [1.54, 1.807) is 42.5 Å². The Morgan fingerprint density at radius 2 is 1.83 bits per heavy atom. The van der Waals surface area contributed by atoms with Crippen LogP contribution in [0.2, 0.25) is 0 Å². The number of hydrogen-bond acceptors (Lipinski definition) is 4. The minimum atomic E-state index is -3.70. The number of sulfonamides is 1. The average molecular weight is 348 g/mol. The summed E-state index contributed by atoms with van der Waals surface area (Å²) in [4.78, 5) is 12.3. The third-order valence-corrected chi connectivity index (χ3v) is 5.06. The quantitative estimate of drug-likeness (QED) is 0.833. The zero-order valence-electron chi connectivity index (χ0n) is 13.6. The van der Waals surface area contributed by atoms with Crippen molar-refractivity contribution in [2.24, 2.45) is 0 Å². The van der Waals surface area contributed by atoms with E-state index in [0.717, 1.165) is 4.31 Å². The molecule has 0 heterocycles. The van der Waals surface area contributed by atoms with E-state index in [9.17, 15) is 13.2 Å². The van der Waals surface area contributed by atoms with Gasteiger partial charge in [0.1, 0.15) is 5.75 Å². The summed E-state index contributed by atoms with van der Waals surface area (Å²) in [5.41, 5.74) is 0.552. The molecule has 2 aromatic rings. The maximum atomic E-state index is 12.4. The number of ether oxygens (including phenoxy) is 1. The van der Waals surface area contributed by atoms with E-state index in [-0.39, 0.29) is 11.4 Å². The molecule has 0 fully saturated rings. The number of nitrogens with zero attached hydrogens (tertiary/aromatic N) is 1. The van der Waals surface area contributed by atoms with Crippen molar-refractivity contribution in [3.8, 4) is 5.75 Å². The van der Waals surface area contributed by atoms with Crippen molar-refractivity contribution < 1.29 is 17.9 Å². The van der Waals surface area contributed by atoms with Crippen molar-refractivity contribution in [1.29, 1.82) is 0 Å². The summed E-state index contributed by atoms with van der Waals surface area (Å²) in [5.74, 6) is 0.214. The Labute approximate surface area is 142 Å². The highest BCUT2D eigenvalue weighted by Gasteiger charge is 2.22. The number of benzene rings is 2. The van der Waals surface area contributed by atoms with Gasteiger partial charge in [0, 0.05) is 18.8 Å². The number of nitrogens with one attached hydrogen (secondary N) is 1. The second kappa shape index (κ2) is 7.94. The van der Waals surface area contributed by atoms with Crippen LogP contribution in [0.5, 0.6) is 5.75 Å². The summed E-state index contributed by atoms with van der Waals surface area (Å²) in [7, 11) is -2.32. The lowest BCUT2D eigenvalue weighted by Crippen LogP contribution is -2.34. The number of carbonyl (C=O) groups excluding carboxylic acids is 1. The zero-order chi connectivity index (χ0) is 17.6. The van der Waals surface area contributed by atoms with Gasteiger partial charge in [0.15, 0.2) is 0 Å². The van der Waals surface area contributed by atoms with Crippen molar-refractivity contribution in [3.05, 3.63) is 54.6 Å². The summed E-state index contributed by atoms with van der Waals surface area (Å²) in [6.45, 7) is 2.11. The maximum Gasteiger partial charge on any atom is 0.243 e. The molecule has 0 aromatic heterocycles. The van der Waals surface area contributed by atoms with Crippen molar-refractivity contribution in [1.82, 2.24) is 4.31 Å². The lowest BCUT2D eigenvalue weighted by Gasteiger charge is -2.17. The molecule has 1 N–H and O–H groups in total. The summed E-state index contributed by atoms with van der Waals surface area (Å²) in [6.07, 6.45) is 0. The van der Waals surface area contributed by atoms with Gasteiger partial charge in [-0.25, -0.2) is 8.42 Å². The van der Waals surface area contributed by atoms with Gasteiger partial charge in [0.2, 0.25) is 15.9 Å². The van der Waals surface area contributed by atoms with Crippen LogP contribution in [0.1, 0.15) is 6.92 Å². The molecule has 0 bridgehead atoms. The van der Waals surface area contributed by atoms with Crippen LogP contribution in [0.25, 0.3) is 0 Å². The third-order valence-electron chi connectivity index (χ3n) is 3.25. The van der Waals surface area contributed by atoms with Gasteiger partial charge in [0.25, 0.3) is 0 Å². The third kappa shape index (κ3) is 4.56. The number of rotatable bonds is 7. The van der Waals surface area contributed by atoms with Gasteiger partial charge in [-0.3, -0.25) is 4.79 Å². The standard InChI is InChI=1S/C17H20N2O4S/c1-3-23-15-9-7-8-14(12-15)18-17(20)13-19(2)24(21,22)16-10-5-4-6-11-16/h4-12H,3,13H2,1-2H3,(H,18,20). The number of anilines is 1. The van der Waals surface area contributed by atoms with Crippen LogP contribution in [0.4, 0.5) is 5.69 Å². The summed E-state index contributed by atoms with van der Waals surface area (Å²) < 4.78 is 31.2. The Hall–Kier alpha value is -2.38. The van der Waals surface area contributed by atoms with Gasteiger partial charge in [0.05, 0.1) is 18.0 Å². The Morgan fingerprint density at radius 3 is 2.50 bits per heavy atom. The monoisotopic (exact) mass is 348 g/mol. The number of amides is 1. The first-order valence-electron chi connectivity index (χ1n) is 7.47. The van der Waals surface area contributed by atoms with E-state index in [0.29, 0.717) is 18.0 Å². The smallest absolute Gasteiger partial charge is 0.243 e.